The fourth-order valence-electron chi connectivity index (χ4n) is 1.12. The number of anilines is 1. The van der Waals surface area contributed by atoms with E-state index >= 15 is 0 Å². The summed E-state index contributed by atoms with van der Waals surface area (Å²) in [5, 5.41) is 5.58. The quantitative estimate of drug-likeness (QED) is 0.585. The number of methoxy groups -OCH3 is 2. The number of carbonyl (C=O) groups is 1. The van der Waals surface area contributed by atoms with Crippen molar-refractivity contribution in [2.45, 2.75) is 12.8 Å². The van der Waals surface area contributed by atoms with E-state index in [9.17, 15) is 4.79 Å². The van der Waals surface area contributed by atoms with Gasteiger partial charge in [0.05, 0.1) is 7.11 Å². The van der Waals surface area contributed by atoms with Gasteiger partial charge in [0, 0.05) is 25.6 Å². The number of carbonyl (C=O) groups excluding carboxylic acids is 1. The van der Waals surface area contributed by atoms with Gasteiger partial charge in [0.1, 0.15) is 0 Å². The minimum atomic E-state index is -0.399. The zero-order valence-corrected chi connectivity index (χ0v) is 10.3. The fourth-order valence-corrected chi connectivity index (χ4v) is 1.83. The predicted molar refractivity (Wildman–Crippen MR) is 63.1 cm³/mol. The van der Waals surface area contributed by atoms with Crippen molar-refractivity contribution in [3.8, 4) is 0 Å². The van der Waals surface area contributed by atoms with Crippen molar-refractivity contribution in [3.63, 3.8) is 0 Å². The molecule has 1 aromatic heterocycles. The molecular weight excluding hydrogens is 228 g/mol. The van der Waals surface area contributed by atoms with Gasteiger partial charge in [0.25, 0.3) is 0 Å². The van der Waals surface area contributed by atoms with E-state index in [0.29, 0.717) is 5.69 Å². The number of rotatable bonds is 7. The molecule has 1 rings (SSSR count). The first-order valence-corrected chi connectivity index (χ1v) is 5.92. The highest BCUT2D eigenvalue weighted by molar-refractivity contribution is 7.13. The summed E-state index contributed by atoms with van der Waals surface area (Å²) in [5.41, 5.74) is 0.354. The van der Waals surface area contributed by atoms with Crippen LogP contribution < -0.4 is 5.32 Å². The Morgan fingerprint density at radius 2 is 2.31 bits per heavy atom. The number of aromatic nitrogens is 1. The number of nitrogens with one attached hydrogen (secondary N) is 1. The predicted octanol–water partition coefficient (Wildman–Crippen LogP) is 1.77. The Labute approximate surface area is 98.8 Å². The molecule has 1 N–H and O–H groups in total. The maximum Gasteiger partial charge on any atom is 0.357 e. The third kappa shape index (κ3) is 4.16. The number of thiazole rings is 1. The molecule has 0 aliphatic heterocycles. The van der Waals surface area contributed by atoms with Gasteiger partial charge in [-0.05, 0) is 12.8 Å². The lowest BCUT2D eigenvalue weighted by Gasteiger charge is -2.01. The van der Waals surface area contributed by atoms with Crippen LogP contribution >= 0.6 is 11.3 Å². The second-order valence-corrected chi connectivity index (χ2v) is 4.01. The monoisotopic (exact) mass is 244 g/mol. The minimum absolute atomic E-state index is 0.354. The van der Waals surface area contributed by atoms with Crippen molar-refractivity contribution in [1.82, 2.24) is 4.98 Å². The summed E-state index contributed by atoms with van der Waals surface area (Å²) in [6, 6.07) is 0. The molecule has 0 aromatic carbocycles. The van der Waals surface area contributed by atoms with E-state index in [0.717, 1.165) is 31.1 Å². The van der Waals surface area contributed by atoms with Crippen LogP contribution in [-0.4, -0.2) is 38.3 Å². The molecule has 0 saturated heterocycles. The summed E-state index contributed by atoms with van der Waals surface area (Å²) in [6.07, 6.45) is 2.03. The van der Waals surface area contributed by atoms with E-state index in [1.54, 1.807) is 12.5 Å². The number of esters is 1. The topological polar surface area (TPSA) is 60.5 Å². The zero-order chi connectivity index (χ0) is 11.8. The highest BCUT2D eigenvalue weighted by atomic mass is 32.1. The van der Waals surface area contributed by atoms with Gasteiger partial charge in [-0.3, -0.25) is 0 Å². The lowest BCUT2D eigenvalue weighted by Crippen LogP contribution is -2.04. The molecular formula is C10H16N2O3S. The Balaban J connectivity index is 2.27. The van der Waals surface area contributed by atoms with Gasteiger partial charge in [-0.1, -0.05) is 0 Å². The summed E-state index contributed by atoms with van der Waals surface area (Å²) < 4.78 is 9.51. The van der Waals surface area contributed by atoms with Crippen LogP contribution in [-0.2, 0) is 9.47 Å². The largest absolute Gasteiger partial charge is 0.464 e. The van der Waals surface area contributed by atoms with Gasteiger partial charge in [-0.25, -0.2) is 9.78 Å². The second kappa shape index (κ2) is 7.19. The second-order valence-electron chi connectivity index (χ2n) is 3.16. The van der Waals surface area contributed by atoms with Gasteiger partial charge in [0.2, 0.25) is 0 Å². The Bertz CT molecular complexity index is 328. The molecule has 1 aromatic rings. The summed E-state index contributed by atoms with van der Waals surface area (Å²) in [5.74, 6) is -0.399. The molecule has 0 aliphatic rings. The first-order valence-electron chi connectivity index (χ1n) is 5.04. The van der Waals surface area contributed by atoms with Crippen LogP contribution in [0.1, 0.15) is 23.3 Å². The molecule has 0 saturated carbocycles. The van der Waals surface area contributed by atoms with Gasteiger partial charge in [0.15, 0.2) is 10.8 Å². The first kappa shape index (κ1) is 12.9. The lowest BCUT2D eigenvalue weighted by molar-refractivity contribution is 0.0595. The highest BCUT2D eigenvalue weighted by Crippen LogP contribution is 2.15. The molecule has 0 amide bonds. The van der Waals surface area contributed by atoms with Crippen molar-refractivity contribution >= 4 is 22.4 Å². The van der Waals surface area contributed by atoms with E-state index in [4.69, 9.17) is 4.74 Å². The van der Waals surface area contributed by atoms with Gasteiger partial charge in [-0.2, -0.15) is 0 Å². The highest BCUT2D eigenvalue weighted by Gasteiger charge is 2.09. The van der Waals surface area contributed by atoms with E-state index < -0.39 is 5.97 Å². The maximum absolute atomic E-state index is 11.1. The molecule has 6 heteroatoms. The molecule has 0 unspecified atom stereocenters. The maximum atomic E-state index is 11.1. The van der Waals surface area contributed by atoms with Gasteiger partial charge in [-0.15, -0.1) is 11.3 Å². The van der Waals surface area contributed by atoms with Crippen molar-refractivity contribution < 1.29 is 14.3 Å². The fraction of sp³-hybridized carbons (Fsp3) is 0.600. The van der Waals surface area contributed by atoms with Crippen molar-refractivity contribution in [2.75, 3.05) is 32.7 Å². The van der Waals surface area contributed by atoms with Gasteiger partial charge >= 0.3 is 5.97 Å². The normalized spacial score (nSPS) is 10.1. The summed E-state index contributed by atoms with van der Waals surface area (Å²) in [6.45, 7) is 1.60. The Morgan fingerprint density at radius 1 is 1.50 bits per heavy atom. The van der Waals surface area contributed by atoms with Crippen LogP contribution in [0, 0.1) is 0 Å². The molecule has 0 bridgehead atoms. The summed E-state index contributed by atoms with van der Waals surface area (Å²) in [7, 11) is 3.04. The number of unbranched alkanes of at least 4 members (excludes halogenated alkanes) is 1. The first-order chi connectivity index (χ1) is 7.77. The van der Waals surface area contributed by atoms with Crippen LogP contribution in [0.4, 0.5) is 5.13 Å². The van der Waals surface area contributed by atoms with E-state index in [1.807, 2.05) is 0 Å². The number of nitrogens with zero attached hydrogens (tertiary/aromatic N) is 1. The third-order valence-electron chi connectivity index (χ3n) is 1.95. The molecule has 0 fully saturated rings. The average Bonchev–Trinajstić information content (AvgIpc) is 2.76. The average molecular weight is 244 g/mol. The van der Waals surface area contributed by atoms with Crippen molar-refractivity contribution in [1.29, 1.82) is 0 Å². The Kier molecular flexibility index (Phi) is 5.81. The molecule has 0 spiro atoms. The van der Waals surface area contributed by atoms with Crippen LogP contribution in [0.15, 0.2) is 5.38 Å². The molecule has 5 nitrogen and oxygen atoms in total. The van der Waals surface area contributed by atoms with Crippen LogP contribution in [0.5, 0.6) is 0 Å². The third-order valence-corrected chi connectivity index (χ3v) is 2.75. The smallest absolute Gasteiger partial charge is 0.357 e. The lowest BCUT2D eigenvalue weighted by atomic mass is 10.3. The van der Waals surface area contributed by atoms with Crippen LogP contribution in [0.25, 0.3) is 0 Å². The number of hydrogen-bond donors (Lipinski definition) is 1. The van der Waals surface area contributed by atoms with E-state index in [-0.39, 0.29) is 0 Å². The summed E-state index contributed by atoms with van der Waals surface area (Å²) >= 11 is 1.40. The molecule has 0 atom stereocenters. The van der Waals surface area contributed by atoms with Crippen LogP contribution in [0.3, 0.4) is 0 Å². The Hall–Kier alpha value is -1.14. The zero-order valence-electron chi connectivity index (χ0n) is 9.49. The van der Waals surface area contributed by atoms with Gasteiger partial charge < -0.3 is 14.8 Å². The SMILES string of the molecule is COCCCCNc1nc(C(=O)OC)cs1. The number of ether oxygens (including phenoxy) is 2. The van der Waals surface area contributed by atoms with Crippen LogP contribution in [0.2, 0.25) is 0 Å². The molecule has 90 valence electrons. The van der Waals surface area contributed by atoms with Crippen molar-refractivity contribution in [2.24, 2.45) is 0 Å². The molecule has 0 aliphatic carbocycles. The van der Waals surface area contributed by atoms with E-state index in [1.165, 1.54) is 18.4 Å². The minimum Gasteiger partial charge on any atom is -0.464 e. The van der Waals surface area contributed by atoms with E-state index in [2.05, 4.69) is 15.0 Å². The molecule has 0 radical (unpaired) electrons. The molecule has 1 heterocycles. The summed E-state index contributed by atoms with van der Waals surface area (Å²) in [4.78, 5) is 15.2. The Morgan fingerprint density at radius 3 is 3.00 bits per heavy atom. The molecule has 16 heavy (non-hydrogen) atoms. The number of hydrogen-bond acceptors (Lipinski definition) is 6. The van der Waals surface area contributed by atoms with Crippen molar-refractivity contribution in [3.05, 3.63) is 11.1 Å². The standard InChI is InChI=1S/C10H16N2O3S/c1-14-6-4-3-5-11-10-12-8(7-16-10)9(13)15-2/h7H,3-6H2,1-2H3,(H,11,12).